The van der Waals surface area contributed by atoms with E-state index in [0.29, 0.717) is 0 Å². The van der Waals surface area contributed by atoms with Crippen molar-refractivity contribution in [2.45, 2.75) is 96.6 Å². The Kier molecular flexibility index (Phi) is 9.10. The van der Waals surface area contributed by atoms with E-state index in [-0.39, 0.29) is 18.7 Å². The smallest absolute Gasteiger partial charge is 0.302 e. The van der Waals surface area contributed by atoms with Crippen molar-refractivity contribution < 1.29 is 32.3 Å². The van der Waals surface area contributed by atoms with Crippen LogP contribution in [0.25, 0.3) is 0 Å². The van der Waals surface area contributed by atoms with Gasteiger partial charge in [-0.15, -0.1) is 0 Å². The maximum Gasteiger partial charge on any atom is 0.302 e. The molecule has 28 heavy (non-hydrogen) atoms. The molecule has 7 nitrogen and oxygen atoms in total. The van der Waals surface area contributed by atoms with E-state index in [0.717, 1.165) is 0 Å². The summed E-state index contributed by atoms with van der Waals surface area (Å²) in [5.74, 6) is -0.354. The molecule has 1 aliphatic heterocycles. The summed E-state index contributed by atoms with van der Waals surface area (Å²) in [4.78, 5) is 11.4. The van der Waals surface area contributed by atoms with Crippen molar-refractivity contribution in [2.24, 2.45) is 0 Å². The maximum atomic E-state index is 11.4. The zero-order valence-corrected chi connectivity index (χ0v) is 22.5. The van der Waals surface area contributed by atoms with Crippen LogP contribution in [-0.4, -0.2) is 75.3 Å². The molecular weight excluding hydrogens is 412 g/mol. The molecule has 0 aromatic heterocycles. The number of methoxy groups -OCH3 is 1. The molecule has 0 aromatic rings. The van der Waals surface area contributed by atoms with E-state index in [1.165, 1.54) is 6.92 Å². The van der Waals surface area contributed by atoms with E-state index >= 15 is 0 Å². The van der Waals surface area contributed by atoms with Gasteiger partial charge in [-0.25, -0.2) is 0 Å². The Hall–Kier alpha value is -0.0794. The average Bonchev–Trinajstić information content (AvgIpc) is 2.45. The molecule has 0 bridgehead atoms. The summed E-state index contributed by atoms with van der Waals surface area (Å²) in [7, 11) is -4.22. The molecule has 0 amide bonds. The van der Waals surface area contributed by atoms with Gasteiger partial charge in [0.15, 0.2) is 31.2 Å². The molecule has 0 spiro atoms. The SMILES string of the molecule is CO[C@@H]1O[C@H](COC(C)=O)[C@H](O[Si](C)(C)C)[C@H](O[Si](C)(C)C)[C@H]1O[Si](C)(C)C. The van der Waals surface area contributed by atoms with Gasteiger partial charge < -0.3 is 27.5 Å². The van der Waals surface area contributed by atoms with Crippen molar-refractivity contribution in [1.29, 1.82) is 0 Å². The third kappa shape index (κ3) is 9.16. The Labute approximate surface area is 173 Å². The summed E-state index contributed by atoms with van der Waals surface area (Å²) in [6.45, 7) is 20.7. The predicted molar refractivity (Wildman–Crippen MR) is 117 cm³/mol. The van der Waals surface area contributed by atoms with Gasteiger partial charge in [-0.1, -0.05) is 0 Å². The van der Waals surface area contributed by atoms with E-state index in [4.69, 9.17) is 27.5 Å². The van der Waals surface area contributed by atoms with Gasteiger partial charge in [-0.05, 0) is 58.9 Å². The number of carbonyl (C=O) groups excluding carboxylic acids is 1. The highest BCUT2D eigenvalue weighted by Crippen LogP contribution is 2.33. The number of hydrogen-bond donors (Lipinski definition) is 0. The molecule has 1 saturated heterocycles. The minimum atomic E-state index is -1.95. The molecular formula is C18H40O7Si3. The van der Waals surface area contributed by atoms with Crippen LogP contribution in [0.4, 0.5) is 0 Å². The topological polar surface area (TPSA) is 72.5 Å². The molecule has 1 rings (SSSR count). The van der Waals surface area contributed by atoms with E-state index in [1.54, 1.807) is 7.11 Å². The Morgan fingerprint density at radius 2 is 1.21 bits per heavy atom. The molecule has 0 N–H and O–H groups in total. The quantitative estimate of drug-likeness (QED) is 0.391. The highest BCUT2D eigenvalue weighted by atomic mass is 28.4. The van der Waals surface area contributed by atoms with Gasteiger partial charge in [0.05, 0.1) is 0 Å². The third-order valence-electron chi connectivity index (χ3n) is 3.74. The molecule has 0 aliphatic carbocycles. The van der Waals surface area contributed by atoms with Crippen LogP contribution in [0, 0.1) is 0 Å². The second-order valence-electron chi connectivity index (χ2n) is 10.2. The van der Waals surface area contributed by atoms with Crippen molar-refractivity contribution >= 4 is 30.9 Å². The van der Waals surface area contributed by atoms with E-state index < -0.39 is 49.6 Å². The standard InChI is InChI=1S/C18H40O7Si3/c1-13(19)21-12-14-15(23-26(3,4)5)16(24-27(6,7)8)17(18(20-2)22-14)25-28(9,10)11/h14-18H,12H2,1-11H3/t14-,15+,16+,17-,18-/m1/s1. The van der Waals surface area contributed by atoms with Crippen LogP contribution in [0.5, 0.6) is 0 Å². The van der Waals surface area contributed by atoms with Crippen molar-refractivity contribution in [3.05, 3.63) is 0 Å². The predicted octanol–water partition coefficient (Wildman–Crippen LogP) is 3.58. The van der Waals surface area contributed by atoms with Crippen LogP contribution in [0.3, 0.4) is 0 Å². The number of esters is 1. The van der Waals surface area contributed by atoms with Crippen molar-refractivity contribution in [2.75, 3.05) is 13.7 Å². The zero-order valence-electron chi connectivity index (χ0n) is 19.5. The zero-order chi connectivity index (χ0) is 21.9. The Morgan fingerprint density at radius 3 is 1.61 bits per heavy atom. The van der Waals surface area contributed by atoms with Gasteiger partial charge in [0, 0.05) is 14.0 Å². The summed E-state index contributed by atoms with van der Waals surface area (Å²) in [5.41, 5.74) is 0. The number of hydrogen-bond acceptors (Lipinski definition) is 7. The molecule has 0 saturated carbocycles. The second kappa shape index (κ2) is 9.82. The minimum absolute atomic E-state index is 0.0928. The van der Waals surface area contributed by atoms with Crippen LogP contribution in [0.2, 0.25) is 58.9 Å². The first-order valence-corrected chi connectivity index (χ1v) is 20.1. The highest BCUT2D eigenvalue weighted by molar-refractivity contribution is 6.70. The van der Waals surface area contributed by atoms with Gasteiger partial charge in [0.25, 0.3) is 0 Å². The van der Waals surface area contributed by atoms with Gasteiger partial charge >= 0.3 is 5.97 Å². The lowest BCUT2D eigenvalue weighted by atomic mass is 9.99. The van der Waals surface area contributed by atoms with Crippen molar-refractivity contribution in [1.82, 2.24) is 0 Å². The van der Waals surface area contributed by atoms with Crippen molar-refractivity contribution in [3.63, 3.8) is 0 Å². The fraction of sp³-hybridized carbons (Fsp3) is 0.944. The fourth-order valence-electron chi connectivity index (χ4n) is 3.03. The Morgan fingerprint density at radius 1 is 0.786 bits per heavy atom. The normalized spacial score (nSPS) is 29.6. The molecule has 1 aliphatic rings. The minimum Gasteiger partial charge on any atom is -0.463 e. The molecule has 1 heterocycles. The number of carbonyl (C=O) groups is 1. The molecule has 5 atom stereocenters. The van der Waals surface area contributed by atoms with E-state index in [9.17, 15) is 4.79 Å². The van der Waals surface area contributed by atoms with Crippen molar-refractivity contribution in [3.8, 4) is 0 Å². The highest BCUT2D eigenvalue weighted by Gasteiger charge is 2.51. The second-order valence-corrected chi connectivity index (χ2v) is 23.5. The first-order valence-electron chi connectivity index (χ1n) is 9.87. The van der Waals surface area contributed by atoms with Crippen LogP contribution in [0.1, 0.15) is 6.92 Å². The first kappa shape index (κ1) is 26.0. The third-order valence-corrected chi connectivity index (χ3v) is 6.68. The summed E-state index contributed by atoms with van der Waals surface area (Å²) >= 11 is 0. The largest absolute Gasteiger partial charge is 0.463 e. The summed E-state index contributed by atoms with van der Waals surface area (Å²) in [5, 5.41) is 0. The van der Waals surface area contributed by atoms with Crippen LogP contribution in [0.15, 0.2) is 0 Å². The van der Waals surface area contributed by atoms with E-state index in [2.05, 4.69) is 58.9 Å². The average molecular weight is 453 g/mol. The number of rotatable bonds is 9. The molecule has 0 unspecified atom stereocenters. The van der Waals surface area contributed by atoms with Crippen LogP contribution >= 0.6 is 0 Å². The Balaban J connectivity index is 3.33. The number of ether oxygens (including phenoxy) is 3. The summed E-state index contributed by atoms with van der Waals surface area (Å²) in [6, 6.07) is 0. The van der Waals surface area contributed by atoms with Gasteiger partial charge in [0.1, 0.15) is 31.0 Å². The molecule has 0 radical (unpaired) electrons. The lowest BCUT2D eigenvalue weighted by Gasteiger charge is -2.50. The van der Waals surface area contributed by atoms with Gasteiger partial charge in [-0.3, -0.25) is 4.79 Å². The molecule has 0 aromatic carbocycles. The van der Waals surface area contributed by atoms with Crippen LogP contribution in [-0.2, 0) is 32.3 Å². The molecule has 1 fully saturated rings. The first-order chi connectivity index (χ1) is 12.5. The van der Waals surface area contributed by atoms with Gasteiger partial charge in [-0.2, -0.15) is 0 Å². The van der Waals surface area contributed by atoms with E-state index in [1.807, 2.05) is 0 Å². The monoisotopic (exact) mass is 452 g/mol. The molecule has 10 heteroatoms. The fourth-order valence-corrected chi connectivity index (χ4v) is 6.28. The summed E-state index contributed by atoms with van der Waals surface area (Å²) in [6.07, 6.45) is -2.26. The Bertz CT molecular complexity index is 511. The summed E-state index contributed by atoms with van der Waals surface area (Å²) < 4.78 is 36.7. The lowest BCUT2D eigenvalue weighted by Crippen LogP contribution is -2.66. The lowest BCUT2D eigenvalue weighted by molar-refractivity contribution is -0.285. The molecule has 166 valence electrons. The van der Waals surface area contributed by atoms with Gasteiger partial charge in [0.2, 0.25) is 0 Å². The van der Waals surface area contributed by atoms with Crippen LogP contribution < -0.4 is 0 Å². The maximum absolute atomic E-state index is 11.4.